The second kappa shape index (κ2) is 8.02. The van der Waals surface area contributed by atoms with Crippen LogP contribution in [0.1, 0.15) is 15.9 Å². The van der Waals surface area contributed by atoms with Crippen molar-refractivity contribution in [2.45, 2.75) is 6.92 Å². The fourth-order valence-electron chi connectivity index (χ4n) is 2.67. The number of hydrogen-bond acceptors (Lipinski definition) is 5. The van der Waals surface area contributed by atoms with Gasteiger partial charge in [0.25, 0.3) is 5.91 Å². The quantitative estimate of drug-likeness (QED) is 0.489. The van der Waals surface area contributed by atoms with Crippen molar-refractivity contribution in [2.24, 2.45) is 0 Å². The van der Waals surface area contributed by atoms with Gasteiger partial charge in [0.2, 0.25) is 0 Å². The lowest BCUT2D eigenvalue weighted by Crippen LogP contribution is -2.11. The maximum Gasteiger partial charge on any atom is 0.255 e. The van der Waals surface area contributed by atoms with Crippen LogP contribution in [0.5, 0.6) is 0 Å². The Morgan fingerprint density at radius 2 is 2.00 bits per heavy atom. The molecule has 4 rings (SSSR count). The summed E-state index contributed by atoms with van der Waals surface area (Å²) in [7, 11) is 0. The number of aryl methyl sites for hydroxylation is 1. The SMILES string of the molecule is Cc1ccc(NC(=O)c2cc[c]cc2)cc1Nc1nc(-c2cccnc2)cs1. The Labute approximate surface area is 167 Å². The number of nitrogens with zero attached hydrogens (tertiary/aromatic N) is 2. The minimum Gasteiger partial charge on any atom is -0.331 e. The van der Waals surface area contributed by atoms with Crippen LogP contribution in [0.2, 0.25) is 0 Å². The van der Waals surface area contributed by atoms with E-state index in [1.54, 1.807) is 36.7 Å². The molecule has 0 fully saturated rings. The third kappa shape index (κ3) is 4.07. The number of hydrogen-bond donors (Lipinski definition) is 2. The number of thiazole rings is 1. The van der Waals surface area contributed by atoms with Crippen LogP contribution in [-0.4, -0.2) is 15.9 Å². The van der Waals surface area contributed by atoms with E-state index in [2.05, 4.69) is 26.7 Å². The molecule has 0 aliphatic rings. The summed E-state index contributed by atoms with van der Waals surface area (Å²) >= 11 is 1.52. The van der Waals surface area contributed by atoms with Gasteiger partial charge in [0.15, 0.2) is 5.13 Å². The Morgan fingerprint density at radius 3 is 2.79 bits per heavy atom. The predicted octanol–water partition coefficient (Wildman–Crippen LogP) is 5.31. The average Bonchev–Trinajstić information content (AvgIpc) is 3.20. The van der Waals surface area contributed by atoms with Crippen molar-refractivity contribution in [2.75, 3.05) is 10.6 Å². The Morgan fingerprint density at radius 1 is 1.14 bits per heavy atom. The minimum atomic E-state index is -0.156. The fourth-order valence-corrected chi connectivity index (χ4v) is 3.40. The molecule has 0 aliphatic heterocycles. The van der Waals surface area contributed by atoms with Crippen LogP contribution in [0.3, 0.4) is 0 Å². The summed E-state index contributed by atoms with van der Waals surface area (Å²) in [6.45, 7) is 2.01. The number of aromatic nitrogens is 2. The number of amides is 1. The van der Waals surface area contributed by atoms with Gasteiger partial charge in [-0.15, -0.1) is 11.3 Å². The van der Waals surface area contributed by atoms with Crippen molar-refractivity contribution in [1.82, 2.24) is 9.97 Å². The smallest absolute Gasteiger partial charge is 0.255 e. The van der Waals surface area contributed by atoms with E-state index in [0.717, 1.165) is 33.3 Å². The number of benzene rings is 2. The first kappa shape index (κ1) is 17.9. The standard InChI is InChI=1S/C22H17N4OS/c1-15-9-10-18(24-21(27)16-6-3-2-4-7-16)12-19(15)25-22-26-20(14-28-22)17-8-5-11-23-13-17/h3-14H,1H3,(H,24,27)(H,25,26). The van der Waals surface area contributed by atoms with E-state index in [-0.39, 0.29) is 5.91 Å². The molecular formula is C22H17N4OS. The summed E-state index contributed by atoms with van der Waals surface area (Å²) in [6, 6.07) is 19.5. The lowest BCUT2D eigenvalue weighted by molar-refractivity contribution is 0.102. The molecule has 1 radical (unpaired) electrons. The molecule has 0 unspecified atom stereocenters. The van der Waals surface area contributed by atoms with Gasteiger partial charge in [-0.3, -0.25) is 9.78 Å². The number of pyridine rings is 1. The highest BCUT2D eigenvalue weighted by molar-refractivity contribution is 7.14. The molecule has 2 N–H and O–H groups in total. The normalized spacial score (nSPS) is 10.5. The van der Waals surface area contributed by atoms with E-state index in [4.69, 9.17) is 0 Å². The van der Waals surface area contributed by atoms with Crippen molar-refractivity contribution in [3.05, 3.63) is 89.6 Å². The van der Waals surface area contributed by atoms with Crippen molar-refractivity contribution in [3.63, 3.8) is 0 Å². The summed E-state index contributed by atoms with van der Waals surface area (Å²) in [5.74, 6) is -0.156. The van der Waals surface area contributed by atoms with E-state index in [0.29, 0.717) is 5.56 Å². The first-order chi connectivity index (χ1) is 13.7. The molecule has 2 aromatic carbocycles. The summed E-state index contributed by atoms with van der Waals surface area (Å²) in [5, 5.41) is 9.05. The topological polar surface area (TPSA) is 66.9 Å². The van der Waals surface area contributed by atoms with Gasteiger partial charge in [-0.05, 0) is 55.0 Å². The van der Waals surface area contributed by atoms with Gasteiger partial charge >= 0.3 is 0 Å². The van der Waals surface area contributed by atoms with Crippen LogP contribution >= 0.6 is 11.3 Å². The van der Waals surface area contributed by atoms with Crippen molar-refractivity contribution in [3.8, 4) is 11.3 Å². The molecule has 0 saturated carbocycles. The van der Waals surface area contributed by atoms with Crippen LogP contribution in [-0.2, 0) is 0 Å². The zero-order valence-electron chi connectivity index (χ0n) is 15.1. The summed E-state index contributed by atoms with van der Waals surface area (Å²) in [5.41, 5.74) is 5.12. The Balaban J connectivity index is 1.52. The van der Waals surface area contributed by atoms with E-state index in [1.807, 2.05) is 42.6 Å². The average molecular weight is 385 g/mol. The van der Waals surface area contributed by atoms with Crippen molar-refractivity contribution in [1.29, 1.82) is 0 Å². The Kier molecular flexibility index (Phi) is 5.12. The lowest BCUT2D eigenvalue weighted by atomic mass is 10.1. The fraction of sp³-hybridized carbons (Fsp3) is 0.0455. The molecule has 4 aromatic rings. The van der Waals surface area contributed by atoms with Crippen LogP contribution in [0.4, 0.5) is 16.5 Å². The second-order valence-electron chi connectivity index (χ2n) is 6.18. The van der Waals surface area contributed by atoms with Gasteiger partial charge < -0.3 is 10.6 Å². The van der Waals surface area contributed by atoms with Gasteiger partial charge in [-0.2, -0.15) is 0 Å². The predicted molar refractivity (Wildman–Crippen MR) is 113 cm³/mol. The second-order valence-corrected chi connectivity index (χ2v) is 7.04. The third-order valence-electron chi connectivity index (χ3n) is 4.18. The van der Waals surface area contributed by atoms with Crippen molar-refractivity contribution < 1.29 is 4.79 Å². The molecular weight excluding hydrogens is 368 g/mol. The summed E-state index contributed by atoms with van der Waals surface area (Å²) in [6.07, 6.45) is 3.54. The molecule has 0 saturated heterocycles. The number of carbonyl (C=O) groups excluding carboxylic acids is 1. The molecule has 0 spiro atoms. The van der Waals surface area contributed by atoms with E-state index >= 15 is 0 Å². The van der Waals surface area contributed by atoms with Gasteiger partial charge in [-0.1, -0.05) is 18.2 Å². The van der Waals surface area contributed by atoms with Crippen LogP contribution < -0.4 is 10.6 Å². The Hall–Kier alpha value is -3.51. The summed E-state index contributed by atoms with van der Waals surface area (Å²) < 4.78 is 0. The first-order valence-electron chi connectivity index (χ1n) is 8.70. The van der Waals surface area contributed by atoms with E-state index in [9.17, 15) is 4.79 Å². The molecule has 137 valence electrons. The van der Waals surface area contributed by atoms with E-state index in [1.165, 1.54) is 11.3 Å². The molecule has 2 heterocycles. The van der Waals surface area contributed by atoms with Crippen LogP contribution in [0.25, 0.3) is 11.3 Å². The molecule has 5 nitrogen and oxygen atoms in total. The lowest BCUT2D eigenvalue weighted by Gasteiger charge is -2.11. The molecule has 2 aromatic heterocycles. The summed E-state index contributed by atoms with van der Waals surface area (Å²) in [4.78, 5) is 21.1. The van der Waals surface area contributed by atoms with E-state index < -0.39 is 0 Å². The number of rotatable bonds is 5. The third-order valence-corrected chi connectivity index (χ3v) is 4.94. The number of nitrogens with one attached hydrogen (secondary N) is 2. The first-order valence-corrected chi connectivity index (χ1v) is 9.58. The molecule has 0 bridgehead atoms. The van der Waals surface area contributed by atoms with Gasteiger partial charge in [0, 0.05) is 40.3 Å². The van der Waals surface area contributed by atoms with Crippen molar-refractivity contribution >= 4 is 33.8 Å². The molecule has 0 aliphatic carbocycles. The Bertz CT molecular complexity index is 1090. The zero-order chi connectivity index (χ0) is 19.3. The maximum absolute atomic E-state index is 12.4. The molecule has 1 amide bonds. The molecule has 28 heavy (non-hydrogen) atoms. The largest absolute Gasteiger partial charge is 0.331 e. The molecule has 6 heteroatoms. The maximum atomic E-state index is 12.4. The highest BCUT2D eigenvalue weighted by Crippen LogP contribution is 2.29. The highest BCUT2D eigenvalue weighted by Gasteiger charge is 2.09. The number of anilines is 3. The zero-order valence-corrected chi connectivity index (χ0v) is 16.0. The van der Waals surface area contributed by atoms with Crippen LogP contribution in [0.15, 0.2) is 72.4 Å². The van der Waals surface area contributed by atoms with Gasteiger partial charge in [0.05, 0.1) is 5.69 Å². The van der Waals surface area contributed by atoms with Gasteiger partial charge in [-0.25, -0.2) is 4.98 Å². The molecule has 0 atom stereocenters. The van der Waals surface area contributed by atoms with Gasteiger partial charge in [0.1, 0.15) is 0 Å². The highest BCUT2D eigenvalue weighted by atomic mass is 32.1. The number of carbonyl (C=O) groups is 1. The minimum absolute atomic E-state index is 0.156. The monoisotopic (exact) mass is 385 g/mol. The van der Waals surface area contributed by atoms with Crippen LogP contribution in [0, 0.1) is 13.0 Å².